The Morgan fingerprint density at radius 1 is 1.23 bits per heavy atom. The predicted molar refractivity (Wildman–Crippen MR) is 109 cm³/mol. The van der Waals surface area contributed by atoms with Gasteiger partial charge in [-0.1, -0.05) is 6.92 Å². The summed E-state index contributed by atoms with van der Waals surface area (Å²) in [6, 6.07) is 7.79. The van der Waals surface area contributed by atoms with Crippen LogP contribution in [-0.4, -0.2) is 45.1 Å². The van der Waals surface area contributed by atoms with Gasteiger partial charge in [0.25, 0.3) is 0 Å². The van der Waals surface area contributed by atoms with Gasteiger partial charge in [-0.15, -0.1) is 0 Å². The highest BCUT2D eigenvalue weighted by Crippen LogP contribution is 2.17. The van der Waals surface area contributed by atoms with E-state index in [0.717, 1.165) is 0 Å². The highest BCUT2D eigenvalue weighted by atomic mass is 32.2. The van der Waals surface area contributed by atoms with E-state index in [-0.39, 0.29) is 29.5 Å². The molecule has 0 saturated heterocycles. The van der Waals surface area contributed by atoms with Gasteiger partial charge < -0.3 is 29.9 Å². The molecule has 0 radical (unpaired) electrons. The number of nitrogens with two attached hydrogens (primary N) is 1. The number of nitrogens with one attached hydrogen (secondary N) is 2. The number of amides is 1. The van der Waals surface area contributed by atoms with Crippen molar-refractivity contribution in [2.45, 2.75) is 19.4 Å². The van der Waals surface area contributed by atoms with Crippen LogP contribution in [0.25, 0.3) is 0 Å². The second-order valence-electron chi connectivity index (χ2n) is 6.39. The van der Waals surface area contributed by atoms with Gasteiger partial charge in [-0.3, -0.25) is 10.2 Å². The van der Waals surface area contributed by atoms with E-state index in [1.165, 1.54) is 24.3 Å². The van der Waals surface area contributed by atoms with E-state index in [9.17, 15) is 14.4 Å². The van der Waals surface area contributed by atoms with Crippen molar-refractivity contribution in [1.82, 2.24) is 5.32 Å². The Balaban J connectivity index is 1.94. The number of hydrogen-bond acceptors (Lipinski definition) is 8. The molecule has 0 saturated carbocycles. The van der Waals surface area contributed by atoms with Crippen LogP contribution >= 0.6 is 12.0 Å². The molecule has 0 spiro atoms. The maximum Gasteiger partial charge on any atom is 0.379 e. The fourth-order valence-corrected chi connectivity index (χ4v) is 2.79. The number of aliphatic carboxylic acids is 1. The molecule has 160 valence electrons. The topological polar surface area (TPSA) is 176 Å². The Morgan fingerprint density at radius 3 is 2.47 bits per heavy atom. The molecule has 1 aromatic carbocycles. The Labute approximate surface area is 176 Å². The third-order valence-corrected chi connectivity index (χ3v) is 4.53. The lowest BCUT2D eigenvalue weighted by Crippen LogP contribution is -2.45. The lowest BCUT2D eigenvalue weighted by molar-refractivity contribution is -0.141. The molecular formula is C19H21N3O7S. The Kier molecular flexibility index (Phi) is 8.01. The van der Waals surface area contributed by atoms with Crippen molar-refractivity contribution < 1.29 is 33.2 Å². The largest absolute Gasteiger partial charge is 0.480 e. The van der Waals surface area contributed by atoms with Crippen LogP contribution in [-0.2, 0) is 16.0 Å². The lowest BCUT2D eigenvalue weighted by Gasteiger charge is -2.16. The molecule has 1 unspecified atom stereocenters. The van der Waals surface area contributed by atoms with Gasteiger partial charge in [0.2, 0.25) is 11.7 Å². The molecule has 6 N–H and O–H groups in total. The number of carbonyl (C=O) groups is 3. The standard InChI is InChI=1S/C19H21N3O7S/c1-10(17(23)22-14(9-30-27)18(24)25)8-13-6-7-15(28-13)19(26)29-12-4-2-11(3-5-12)16(20)21/h2-7,10,14,27H,8-9H2,1H3,(H3,20,21)(H,22,23)(H,24,25)/t10?,14-/m0/s1. The molecule has 2 atom stereocenters. The van der Waals surface area contributed by atoms with E-state index in [1.54, 1.807) is 19.1 Å². The highest BCUT2D eigenvalue weighted by molar-refractivity contribution is 7.93. The Hall–Kier alpha value is -3.31. The second-order valence-corrected chi connectivity index (χ2v) is 6.99. The summed E-state index contributed by atoms with van der Waals surface area (Å²) in [7, 11) is 0. The van der Waals surface area contributed by atoms with E-state index < -0.39 is 29.8 Å². The van der Waals surface area contributed by atoms with Gasteiger partial charge in [0.05, 0.1) is 5.75 Å². The molecule has 1 heterocycles. The maximum absolute atomic E-state index is 12.2. The van der Waals surface area contributed by atoms with E-state index in [1.807, 2.05) is 0 Å². The zero-order valence-electron chi connectivity index (χ0n) is 16.0. The molecule has 0 aliphatic heterocycles. The summed E-state index contributed by atoms with van der Waals surface area (Å²) in [6.07, 6.45) is 0.130. The van der Waals surface area contributed by atoms with Crippen LogP contribution in [0.3, 0.4) is 0 Å². The number of carbonyl (C=O) groups excluding carboxylic acids is 2. The smallest absolute Gasteiger partial charge is 0.379 e. The Bertz CT molecular complexity index is 926. The number of carboxylic acids is 1. The minimum atomic E-state index is -1.25. The molecule has 1 amide bonds. The van der Waals surface area contributed by atoms with Crippen LogP contribution in [0, 0.1) is 11.3 Å². The minimum absolute atomic E-state index is 0.0617. The van der Waals surface area contributed by atoms with Crippen molar-refractivity contribution in [3.63, 3.8) is 0 Å². The van der Waals surface area contributed by atoms with Gasteiger partial charge in [0, 0.05) is 17.9 Å². The summed E-state index contributed by atoms with van der Waals surface area (Å²) >= 11 is 0.323. The van der Waals surface area contributed by atoms with Crippen LogP contribution in [0.2, 0.25) is 0 Å². The molecule has 2 aromatic rings. The number of carboxylic acid groups (broad SMARTS) is 1. The number of rotatable bonds is 10. The first-order valence-electron chi connectivity index (χ1n) is 8.76. The van der Waals surface area contributed by atoms with Gasteiger partial charge in [-0.25, -0.2) is 9.59 Å². The Morgan fingerprint density at radius 2 is 1.90 bits per heavy atom. The van der Waals surface area contributed by atoms with Crippen molar-refractivity contribution in [1.29, 1.82) is 5.41 Å². The maximum atomic E-state index is 12.2. The lowest BCUT2D eigenvalue weighted by atomic mass is 10.1. The predicted octanol–water partition coefficient (Wildman–Crippen LogP) is 1.74. The number of esters is 1. The van der Waals surface area contributed by atoms with Crippen molar-refractivity contribution in [3.8, 4) is 5.75 Å². The van der Waals surface area contributed by atoms with Crippen molar-refractivity contribution in [2.75, 3.05) is 5.75 Å². The zero-order valence-corrected chi connectivity index (χ0v) is 16.8. The first-order valence-corrected chi connectivity index (χ1v) is 9.70. The zero-order chi connectivity index (χ0) is 22.3. The minimum Gasteiger partial charge on any atom is -0.480 e. The number of nitrogen functional groups attached to an aromatic ring is 1. The van der Waals surface area contributed by atoms with Crippen LogP contribution in [0.5, 0.6) is 5.75 Å². The van der Waals surface area contributed by atoms with Crippen molar-refractivity contribution in [3.05, 3.63) is 53.5 Å². The fraction of sp³-hybridized carbons (Fsp3) is 0.263. The number of hydrogen-bond donors (Lipinski definition) is 5. The molecule has 2 rings (SSSR count). The average molecular weight is 435 g/mol. The molecule has 0 aliphatic carbocycles. The fourth-order valence-electron chi connectivity index (χ4n) is 2.41. The number of furan rings is 1. The van der Waals surface area contributed by atoms with Crippen molar-refractivity contribution >= 4 is 35.7 Å². The first-order chi connectivity index (χ1) is 14.2. The van der Waals surface area contributed by atoms with Gasteiger partial charge in [0.1, 0.15) is 23.4 Å². The van der Waals surface area contributed by atoms with E-state index in [0.29, 0.717) is 23.4 Å². The quantitative estimate of drug-likeness (QED) is 0.122. The number of benzene rings is 1. The molecule has 10 nitrogen and oxygen atoms in total. The molecule has 0 fully saturated rings. The summed E-state index contributed by atoms with van der Waals surface area (Å²) in [5, 5.41) is 18.7. The van der Waals surface area contributed by atoms with Gasteiger partial charge in [-0.05, 0) is 48.4 Å². The summed E-state index contributed by atoms with van der Waals surface area (Å²) < 4.78 is 19.4. The average Bonchev–Trinajstić information content (AvgIpc) is 3.16. The summed E-state index contributed by atoms with van der Waals surface area (Å²) in [5.41, 5.74) is 5.86. The van der Waals surface area contributed by atoms with Crippen LogP contribution < -0.4 is 15.8 Å². The van der Waals surface area contributed by atoms with Crippen LogP contribution in [0.15, 0.2) is 40.8 Å². The van der Waals surface area contributed by atoms with Crippen LogP contribution in [0.4, 0.5) is 0 Å². The molecule has 11 heteroatoms. The third-order valence-electron chi connectivity index (χ3n) is 4.05. The molecule has 1 aromatic heterocycles. The second kappa shape index (κ2) is 10.5. The summed E-state index contributed by atoms with van der Waals surface area (Å²) in [4.78, 5) is 35.4. The first kappa shape index (κ1) is 23.0. The van der Waals surface area contributed by atoms with E-state index in [4.69, 9.17) is 30.0 Å². The summed E-state index contributed by atoms with van der Waals surface area (Å²) in [5.74, 6) is -2.90. The third kappa shape index (κ3) is 6.36. The molecule has 0 aliphatic rings. The molecule has 0 bridgehead atoms. The normalized spacial score (nSPS) is 12.6. The van der Waals surface area contributed by atoms with Crippen LogP contribution in [0.1, 0.15) is 28.8 Å². The van der Waals surface area contributed by atoms with Gasteiger partial charge >= 0.3 is 11.9 Å². The van der Waals surface area contributed by atoms with E-state index >= 15 is 0 Å². The monoisotopic (exact) mass is 435 g/mol. The SMILES string of the molecule is CC(Cc1ccc(C(=O)Oc2ccc(C(=N)N)cc2)o1)C(=O)N[C@@H](CSO)C(=O)O. The number of amidine groups is 1. The van der Waals surface area contributed by atoms with Gasteiger partial charge in [-0.2, -0.15) is 0 Å². The van der Waals surface area contributed by atoms with E-state index in [2.05, 4.69) is 5.32 Å². The summed E-state index contributed by atoms with van der Waals surface area (Å²) in [6.45, 7) is 1.58. The van der Waals surface area contributed by atoms with Gasteiger partial charge in [0.15, 0.2) is 0 Å². The number of ether oxygens (including phenoxy) is 1. The molecular weight excluding hydrogens is 414 g/mol. The molecule has 30 heavy (non-hydrogen) atoms. The highest BCUT2D eigenvalue weighted by Gasteiger charge is 2.24. The van der Waals surface area contributed by atoms with Crippen molar-refractivity contribution in [2.24, 2.45) is 11.7 Å².